The Morgan fingerprint density at radius 3 is 2.21 bits per heavy atom. The van der Waals surface area contributed by atoms with E-state index in [9.17, 15) is 45.0 Å². The van der Waals surface area contributed by atoms with Crippen molar-refractivity contribution in [2.75, 3.05) is 10.6 Å². The van der Waals surface area contributed by atoms with E-state index in [1.54, 1.807) is 0 Å². The summed E-state index contributed by atoms with van der Waals surface area (Å²) in [7, 11) is -10.0. The first-order valence-electron chi connectivity index (χ1n) is 12.4. The van der Waals surface area contributed by atoms with Crippen LogP contribution in [0.5, 0.6) is 5.88 Å². The van der Waals surface area contributed by atoms with Crippen molar-refractivity contribution in [3.8, 4) is 5.88 Å². The van der Waals surface area contributed by atoms with Gasteiger partial charge in [-0.1, -0.05) is 11.6 Å². The van der Waals surface area contributed by atoms with Gasteiger partial charge < -0.3 is 30.6 Å². The molecule has 2 heterocycles. The van der Waals surface area contributed by atoms with E-state index in [0.29, 0.717) is 0 Å². The Morgan fingerprint density at radius 1 is 1.02 bits per heavy atom. The molecular formula is C24H19ClFN9Na2O9S2. The third kappa shape index (κ3) is 9.32. The summed E-state index contributed by atoms with van der Waals surface area (Å²) < 4.78 is 85.0. The van der Waals surface area contributed by atoms with Gasteiger partial charge >= 0.3 is 65.2 Å². The second kappa shape index (κ2) is 16.1. The number of aromatic hydroxyl groups is 1. The van der Waals surface area contributed by atoms with Crippen molar-refractivity contribution < 1.29 is 99.3 Å². The number of primary amides is 1. The summed E-state index contributed by atoms with van der Waals surface area (Å²) in [5.74, 6) is -2.80. The molecule has 0 radical (unpaired) electrons. The summed E-state index contributed by atoms with van der Waals surface area (Å²) in [5.41, 5.74) is 2.45. The van der Waals surface area contributed by atoms with E-state index in [1.807, 2.05) is 0 Å². The molecule has 4 rings (SSSR count). The first-order chi connectivity index (χ1) is 21.4. The Bertz CT molecular complexity index is 2230. The number of halogens is 2. The van der Waals surface area contributed by atoms with Gasteiger partial charge in [0.1, 0.15) is 31.5 Å². The second-order valence-electron chi connectivity index (χ2n) is 9.02. The minimum atomic E-state index is -5.17. The topological polar surface area (TPSA) is 287 Å². The number of hydrogen-bond donors (Lipinski definition) is 4. The summed E-state index contributed by atoms with van der Waals surface area (Å²) >= 11 is 6.03. The van der Waals surface area contributed by atoms with Crippen LogP contribution in [0.25, 0.3) is 0 Å². The number of hydrogen-bond acceptors (Lipinski definition) is 16. The smallest absolute Gasteiger partial charge is 0.744 e. The van der Waals surface area contributed by atoms with Crippen molar-refractivity contribution in [1.82, 2.24) is 19.5 Å². The van der Waals surface area contributed by atoms with Crippen LogP contribution in [-0.2, 0) is 26.8 Å². The molecule has 1 amide bonds. The van der Waals surface area contributed by atoms with Crippen LogP contribution in [0.4, 0.5) is 39.0 Å². The number of anilines is 4. The van der Waals surface area contributed by atoms with Crippen molar-refractivity contribution >= 4 is 72.4 Å². The van der Waals surface area contributed by atoms with Crippen LogP contribution in [0.1, 0.15) is 22.8 Å². The zero-order chi connectivity index (χ0) is 34.1. The first-order valence-corrected chi connectivity index (χ1v) is 15.6. The molecule has 0 aliphatic carbocycles. The van der Waals surface area contributed by atoms with Crippen molar-refractivity contribution in [2.45, 2.75) is 30.2 Å². The Morgan fingerprint density at radius 2 is 1.65 bits per heavy atom. The van der Waals surface area contributed by atoms with Gasteiger partial charge in [-0.15, -0.1) is 10.2 Å². The second-order valence-corrected chi connectivity index (χ2v) is 12.2. The van der Waals surface area contributed by atoms with Gasteiger partial charge in [0.15, 0.2) is 5.69 Å². The molecule has 0 fully saturated rings. The van der Waals surface area contributed by atoms with Crippen molar-refractivity contribution in [3.05, 3.63) is 69.0 Å². The fraction of sp³-hybridized carbons (Fsp3) is 0.125. The van der Waals surface area contributed by atoms with E-state index in [1.165, 1.54) is 13.8 Å². The Labute approximate surface area is 320 Å². The molecule has 0 aliphatic heterocycles. The maximum absolute atomic E-state index is 14.3. The number of benzene rings is 2. The minimum absolute atomic E-state index is 0. The normalized spacial score (nSPS) is 11.5. The van der Waals surface area contributed by atoms with Crippen LogP contribution in [0.15, 0.2) is 61.2 Å². The van der Waals surface area contributed by atoms with Crippen LogP contribution in [-0.4, -0.2) is 56.5 Å². The van der Waals surface area contributed by atoms with Gasteiger partial charge in [-0.25, -0.2) is 16.8 Å². The Kier molecular flexibility index (Phi) is 13.8. The third-order valence-corrected chi connectivity index (χ3v) is 8.09. The third-order valence-electron chi connectivity index (χ3n) is 6.04. The number of aromatic nitrogens is 4. The number of carbonyl (C=O) groups excluding carboxylic acids is 1. The van der Waals surface area contributed by atoms with E-state index < -0.39 is 82.3 Å². The maximum Gasteiger partial charge on any atom is 1.00 e. The van der Waals surface area contributed by atoms with Gasteiger partial charge in [0, 0.05) is 17.8 Å². The molecule has 0 saturated heterocycles. The standard InChI is InChI=1S/C24H21ClFN9O9S2.2Na/c1-3-35-20(37)17(19(27)36)10(2)18(21(35)38)34-33-15-8-11(4-7-16(15)46(42,43)44)28-23-30-22(26)31-24(32-23)29-14-9-12(45(39,40)41)5-6-13(14)25;;/h4-9,37H,3H2,1-2H3,(H2,27,36)(H,39,40,41)(H,42,43,44)(H2,28,29,30,31,32);;/q;2*+1/p-2. The fourth-order valence-electron chi connectivity index (χ4n) is 3.97. The quantitative estimate of drug-likeness (QED) is 0.0703. The monoisotopic (exact) mass is 741 g/mol. The molecule has 2 aromatic heterocycles. The fourth-order valence-corrected chi connectivity index (χ4v) is 5.22. The van der Waals surface area contributed by atoms with Gasteiger partial charge in [0.05, 0.1) is 20.5 Å². The summed E-state index contributed by atoms with van der Waals surface area (Å²) in [6.07, 6.45) is -1.34. The molecule has 5 N–H and O–H groups in total. The molecule has 24 heteroatoms. The molecule has 0 spiro atoms. The van der Waals surface area contributed by atoms with Crippen LogP contribution >= 0.6 is 11.6 Å². The van der Waals surface area contributed by atoms with Crippen molar-refractivity contribution in [3.63, 3.8) is 0 Å². The molecule has 0 atom stereocenters. The molecule has 0 unspecified atom stereocenters. The zero-order valence-electron chi connectivity index (χ0n) is 25.2. The maximum atomic E-state index is 14.3. The Balaban J connectivity index is 0.00000400. The van der Waals surface area contributed by atoms with Crippen LogP contribution in [0.2, 0.25) is 5.02 Å². The van der Waals surface area contributed by atoms with Gasteiger partial charge in [-0.3, -0.25) is 14.2 Å². The van der Waals surface area contributed by atoms with E-state index >= 15 is 0 Å². The summed E-state index contributed by atoms with van der Waals surface area (Å²) in [4.78, 5) is 34.1. The molecular weight excluding hydrogens is 723 g/mol. The molecule has 0 saturated carbocycles. The largest absolute Gasteiger partial charge is 1.00 e. The summed E-state index contributed by atoms with van der Waals surface area (Å²) in [6, 6.07) is 5.78. The predicted octanol–water partition coefficient (Wildman–Crippen LogP) is -3.32. The Hall–Kier alpha value is -3.09. The van der Waals surface area contributed by atoms with E-state index in [2.05, 4.69) is 35.8 Å². The number of carbonyl (C=O) groups is 1. The number of pyridine rings is 1. The summed E-state index contributed by atoms with van der Waals surface area (Å²) in [6.45, 7) is 2.61. The summed E-state index contributed by atoms with van der Waals surface area (Å²) in [5, 5.41) is 22.7. The van der Waals surface area contributed by atoms with Gasteiger partial charge in [-0.05, 0) is 50.2 Å². The molecule has 0 aliphatic rings. The van der Waals surface area contributed by atoms with Gasteiger partial charge in [-0.2, -0.15) is 19.3 Å². The first kappa shape index (κ1) is 41.1. The number of amides is 1. The van der Waals surface area contributed by atoms with Crippen LogP contribution in [0, 0.1) is 13.0 Å². The number of nitrogens with zero attached hydrogens (tertiary/aromatic N) is 6. The van der Waals surface area contributed by atoms with Gasteiger partial charge in [0.25, 0.3) is 11.5 Å². The van der Waals surface area contributed by atoms with Crippen molar-refractivity contribution in [2.24, 2.45) is 16.0 Å². The molecule has 242 valence electrons. The average molecular weight is 742 g/mol. The molecule has 48 heavy (non-hydrogen) atoms. The number of nitrogens with one attached hydrogen (secondary N) is 2. The average Bonchev–Trinajstić information content (AvgIpc) is 2.92. The predicted molar refractivity (Wildman–Crippen MR) is 156 cm³/mol. The van der Waals surface area contributed by atoms with E-state index in [4.69, 9.17) is 17.3 Å². The number of rotatable bonds is 10. The van der Waals surface area contributed by atoms with E-state index in [-0.39, 0.29) is 87.6 Å². The molecule has 4 aromatic rings. The SMILES string of the molecule is CCn1c(O)c(C(N)=O)c(C)c(N=Nc2cc(Nc3nc(F)nc(Nc4cc(S(=O)(=O)[O-])ccc4Cl)n3)ccc2S(=O)(=O)[O-])c1=O.[Na+].[Na+]. The number of nitrogens with two attached hydrogens (primary N) is 1. The number of azo groups is 1. The van der Waals surface area contributed by atoms with E-state index in [0.717, 1.165) is 41.0 Å². The van der Waals surface area contributed by atoms with Crippen LogP contribution < -0.4 is 81.0 Å². The molecule has 0 bridgehead atoms. The van der Waals surface area contributed by atoms with Crippen LogP contribution in [0.3, 0.4) is 0 Å². The zero-order valence-corrected chi connectivity index (χ0v) is 31.6. The minimum Gasteiger partial charge on any atom is -0.744 e. The van der Waals surface area contributed by atoms with Crippen molar-refractivity contribution in [1.29, 1.82) is 0 Å². The van der Waals surface area contributed by atoms with Gasteiger partial charge in [0.2, 0.25) is 17.8 Å². The molecule has 18 nitrogen and oxygen atoms in total. The molecule has 2 aromatic carbocycles.